The van der Waals surface area contributed by atoms with Crippen LogP contribution in [-0.4, -0.2) is 14.5 Å². The molecule has 1 aliphatic heterocycles. The molecule has 0 amide bonds. The van der Waals surface area contributed by atoms with Crippen LogP contribution in [0.3, 0.4) is 0 Å². The maximum absolute atomic E-state index is 15.4. The molecule has 0 N–H and O–H groups in total. The predicted molar refractivity (Wildman–Crippen MR) is 221 cm³/mol. The summed E-state index contributed by atoms with van der Waals surface area (Å²) in [5.74, 6) is 0.680. The zero-order valence-corrected chi connectivity index (χ0v) is 29.4. The second-order valence-corrected chi connectivity index (χ2v) is 16.4. The lowest BCUT2D eigenvalue weighted by Crippen LogP contribution is -2.20. The molecular weight excluding hydrogens is 666 g/mol. The molecule has 0 radical (unpaired) electrons. The molecule has 10 aromatic rings. The number of aromatic nitrogens is 3. The fourth-order valence-electron chi connectivity index (χ4n) is 8.37. The van der Waals surface area contributed by atoms with Crippen molar-refractivity contribution >= 4 is 66.5 Å². The highest BCUT2D eigenvalue weighted by Gasteiger charge is 2.41. The molecule has 1 atom stereocenters. The van der Waals surface area contributed by atoms with E-state index >= 15 is 4.57 Å². The van der Waals surface area contributed by atoms with Crippen molar-refractivity contribution in [1.29, 1.82) is 0 Å². The Morgan fingerprint density at radius 3 is 2.06 bits per heavy atom. The van der Waals surface area contributed by atoms with Crippen LogP contribution in [0.25, 0.3) is 82.9 Å². The maximum atomic E-state index is 15.4. The Kier molecular flexibility index (Phi) is 6.49. The van der Waals surface area contributed by atoms with E-state index in [1.165, 1.54) is 10.8 Å². The van der Waals surface area contributed by atoms with E-state index in [0.29, 0.717) is 5.82 Å². The van der Waals surface area contributed by atoms with E-state index in [1.54, 1.807) is 0 Å². The fourth-order valence-corrected chi connectivity index (χ4v) is 11.4. The number of hydrogen-bond donors (Lipinski definition) is 0. The smallest absolute Gasteiger partial charge is 0.172 e. The molecular formula is C48H30N3OP. The highest BCUT2D eigenvalue weighted by molar-refractivity contribution is 7.86. The molecule has 0 aliphatic carbocycles. The lowest BCUT2D eigenvalue weighted by atomic mass is 10.0. The average molecular weight is 696 g/mol. The highest BCUT2D eigenvalue weighted by Crippen LogP contribution is 2.54. The third-order valence-electron chi connectivity index (χ3n) is 10.8. The van der Waals surface area contributed by atoms with E-state index in [2.05, 4.69) is 132 Å². The summed E-state index contributed by atoms with van der Waals surface area (Å²) >= 11 is 0. The quantitative estimate of drug-likeness (QED) is 0.172. The van der Waals surface area contributed by atoms with E-state index in [9.17, 15) is 0 Å². The first-order chi connectivity index (χ1) is 26.2. The Balaban J connectivity index is 1.11. The third kappa shape index (κ3) is 4.40. The average Bonchev–Trinajstić information content (AvgIpc) is 3.71. The lowest BCUT2D eigenvalue weighted by Gasteiger charge is -2.16. The molecule has 0 spiro atoms. The minimum Gasteiger partial charge on any atom is -0.309 e. The van der Waals surface area contributed by atoms with Crippen molar-refractivity contribution in [1.82, 2.24) is 14.5 Å². The number of nitrogens with zero attached hydrogens (tertiary/aromatic N) is 3. The second kappa shape index (κ2) is 11.4. The number of benzene rings is 8. The maximum Gasteiger partial charge on any atom is 0.172 e. The van der Waals surface area contributed by atoms with Crippen LogP contribution in [0.4, 0.5) is 0 Å². The summed E-state index contributed by atoms with van der Waals surface area (Å²) in [6.07, 6.45) is 0. The van der Waals surface area contributed by atoms with Gasteiger partial charge < -0.3 is 9.13 Å². The number of fused-ring (bicyclic) bond motifs is 9. The van der Waals surface area contributed by atoms with Crippen LogP contribution >= 0.6 is 7.14 Å². The molecule has 4 nitrogen and oxygen atoms in total. The summed E-state index contributed by atoms with van der Waals surface area (Å²) < 4.78 is 17.8. The third-order valence-corrected chi connectivity index (χ3v) is 13.9. The molecule has 53 heavy (non-hydrogen) atoms. The Labute approximate surface area is 306 Å². The zero-order chi connectivity index (χ0) is 35.1. The largest absolute Gasteiger partial charge is 0.309 e. The summed E-state index contributed by atoms with van der Waals surface area (Å²) in [6, 6.07) is 62.8. The van der Waals surface area contributed by atoms with Gasteiger partial charge in [0.25, 0.3) is 0 Å². The normalized spacial score (nSPS) is 14.9. The molecule has 8 aromatic carbocycles. The van der Waals surface area contributed by atoms with Crippen molar-refractivity contribution in [2.24, 2.45) is 0 Å². The first-order valence-corrected chi connectivity index (χ1v) is 19.6. The van der Waals surface area contributed by atoms with Gasteiger partial charge in [-0.25, -0.2) is 9.97 Å². The summed E-state index contributed by atoms with van der Waals surface area (Å²) in [7, 11) is -3.10. The summed E-state index contributed by atoms with van der Waals surface area (Å²) in [5, 5.41) is 8.35. The van der Waals surface area contributed by atoms with Gasteiger partial charge in [-0.2, -0.15) is 0 Å². The summed E-state index contributed by atoms with van der Waals surface area (Å²) in [6.45, 7) is 0. The van der Waals surface area contributed by atoms with Crippen LogP contribution in [0.1, 0.15) is 0 Å². The van der Waals surface area contributed by atoms with Crippen LogP contribution in [0.5, 0.6) is 0 Å². The van der Waals surface area contributed by atoms with Gasteiger partial charge in [-0.15, -0.1) is 0 Å². The number of para-hydroxylation sites is 2. The van der Waals surface area contributed by atoms with E-state index in [1.807, 2.05) is 54.6 Å². The van der Waals surface area contributed by atoms with E-state index in [4.69, 9.17) is 9.97 Å². The molecule has 2 aromatic heterocycles. The van der Waals surface area contributed by atoms with Gasteiger partial charge in [0, 0.05) is 54.5 Å². The zero-order valence-electron chi connectivity index (χ0n) is 28.5. The molecule has 5 heteroatoms. The van der Waals surface area contributed by atoms with E-state index < -0.39 is 7.14 Å². The summed E-state index contributed by atoms with van der Waals surface area (Å²) in [4.78, 5) is 10.3. The minimum atomic E-state index is -3.10. The number of rotatable bonds is 4. The van der Waals surface area contributed by atoms with Gasteiger partial charge in [0.05, 0.1) is 22.2 Å². The number of hydrogen-bond acceptors (Lipinski definition) is 3. The van der Waals surface area contributed by atoms with Gasteiger partial charge in [-0.3, -0.25) is 0 Å². The van der Waals surface area contributed by atoms with Crippen LogP contribution in [0, 0.1) is 0 Å². The van der Waals surface area contributed by atoms with Gasteiger partial charge in [0.2, 0.25) is 0 Å². The van der Waals surface area contributed by atoms with E-state index in [-0.39, 0.29) is 0 Å². The monoisotopic (exact) mass is 695 g/mol. The van der Waals surface area contributed by atoms with Crippen LogP contribution < -0.4 is 15.9 Å². The molecule has 0 fully saturated rings. The van der Waals surface area contributed by atoms with Crippen molar-refractivity contribution < 1.29 is 4.57 Å². The first-order valence-electron chi connectivity index (χ1n) is 17.9. The van der Waals surface area contributed by atoms with Crippen LogP contribution in [-0.2, 0) is 4.57 Å². The van der Waals surface area contributed by atoms with Crippen molar-refractivity contribution in [3.63, 3.8) is 0 Å². The van der Waals surface area contributed by atoms with Gasteiger partial charge >= 0.3 is 0 Å². The Morgan fingerprint density at radius 2 is 1.19 bits per heavy atom. The lowest BCUT2D eigenvalue weighted by molar-refractivity contribution is 0.593. The molecule has 248 valence electrons. The van der Waals surface area contributed by atoms with Gasteiger partial charge in [-0.1, -0.05) is 133 Å². The Bertz CT molecular complexity index is 3150. The van der Waals surface area contributed by atoms with Crippen molar-refractivity contribution in [2.45, 2.75) is 0 Å². The van der Waals surface area contributed by atoms with Crippen molar-refractivity contribution in [2.75, 3.05) is 0 Å². The van der Waals surface area contributed by atoms with E-state index in [0.717, 1.165) is 82.3 Å². The Hall–Kier alpha value is -6.61. The molecule has 3 heterocycles. The molecule has 0 bridgehead atoms. The molecule has 1 aliphatic rings. The van der Waals surface area contributed by atoms with Crippen LogP contribution in [0.2, 0.25) is 0 Å². The predicted octanol–water partition coefficient (Wildman–Crippen LogP) is 10.8. The molecule has 1 unspecified atom stereocenters. The fraction of sp³-hybridized carbons (Fsp3) is 0. The minimum absolute atomic E-state index is 0.680. The molecule has 0 saturated heterocycles. The standard InChI is InChI=1S/C48H30N3OP/c52-53(36-14-2-1-3-15-36)43-21-11-8-18-40(43)45-44(53)29-28-38-37-16-7-10-20-42(37)51(47(38)45)35-26-24-32(25-27-35)48-49-41-19-9-6-17-39(41)46(50-48)34-23-22-31-12-4-5-13-33(31)30-34/h1-30H. The van der Waals surface area contributed by atoms with Gasteiger partial charge in [0.1, 0.15) is 0 Å². The molecule has 11 rings (SSSR count). The first kappa shape index (κ1) is 30.1. The Morgan fingerprint density at radius 1 is 0.491 bits per heavy atom. The van der Waals surface area contributed by atoms with Crippen molar-refractivity contribution in [3.8, 4) is 39.5 Å². The second-order valence-electron chi connectivity index (χ2n) is 13.7. The SMILES string of the molecule is O=P1(c2ccccc2)c2ccccc2-c2c1ccc1c3ccccc3n(-c3ccc(-c4nc(-c5ccc6ccccc6c5)c5ccccc5n4)cc3)c21. The van der Waals surface area contributed by atoms with Gasteiger partial charge in [0.15, 0.2) is 13.0 Å². The summed E-state index contributed by atoms with van der Waals surface area (Å²) in [5.41, 5.74) is 9.09. The highest BCUT2D eigenvalue weighted by atomic mass is 31.2. The van der Waals surface area contributed by atoms with Crippen molar-refractivity contribution in [3.05, 3.63) is 182 Å². The molecule has 0 saturated carbocycles. The van der Waals surface area contributed by atoms with Crippen LogP contribution in [0.15, 0.2) is 182 Å². The topological polar surface area (TPSA) is 47.8 Å². The van der Waals surface area contributed by atoms with Gasteiger partial charge in [-0.05, 0) is 64.9 Å².